The van der Waals surface area contributed by atoms with Crippen molar-refractivity contribution in [3.63, 3.8) is 0 Å². The molecule has 0 bridgehead atoms. The molecule has 0 atom stereocenters. The van der Waals surface area contributed by atoms with Gasteiger partial charge in [0, 0.05) is 35.1 Å². The number of benzene rings is 2. The van der Waals surface area contributed by atoms with Crippen LogP contribution in [-0.2, 0) is 6.42 Å². The van der Waals surface area contributed by atoms with E-state index in [0.29, 0.717) is 28.6 Å². The monoisotopic (exact) mass is 374 g/mol. The van der Waals surface area contributed by atoms with E-state index >= 15 is 0 Å². The number of aromatic nitrogens is 1. The van der Waals surface area contributed by atoms with E-state index in [1.54, 1.807) is 18.3 Å². The normalized spacial score (nSPS) is 10.8. The van der Waals surface area contributed by atoms with Gasteiger partial charge in [-0.05, 0) is 30.2 Å². The summed E-state index contributed by atoms with van der Waals surface area (Å²) in [5.41, 5.74) is 2.12. The van der Waals surface area contributed by atoms with Crippen molar-refractivity contribution in [2.45, 2.75) is 13.3 Å². The highest BCUT2D eigenvalue weighted by molar-refractivity contribution is 6.35. The van der Waals surface area contributed by atoms with E-state index in [0.717, 1.165) is 16.5 Å². The number of amides is 1. The summed E-state index contributed by atoms with van der Waals surface area (Å²) in [6.45, 7) is 1.90. The number of hydrogen-bond donors (Lipinski definition) is 1. The summed E-state index contributed by atoms with van der Waals surface area (Å²) in [6.07, 6.45) is 2.17. The SMILES string of the molecule is CC(=O)n1cc(C(=O)NCCc2ccc(Cl)cc2Cl)c2ccccc21. The number of nitrogens with one attached hydrogen (secondary N) is 1. The Hall–Kier alpha value is -2.30. The van der Waals surface area contributed by atoms with Crippen LogP contribution in [0.2, 0.25) is 10.0 Å². The Kier molecular flexibility index (Phi) is 5.11. The summed E-state index contributed by atoms with van der Waals surface area (Å²) in [5, 5.41) is 4.79. The topological polar surface area (TPSA) is 51.1 Å². The van der Waals surface area contributed by atoms with Crippen LogP contribution in [0.4, 0.5) is 0 Å². The lowest BCUT2D eigenvalue weighted by molar-refractivity contribution is 0.0941. The van der Waals surface area contributed by atoms with Crippen molar-refractivity contribution >= 4 is 45.9 Å². The van der Waals surface area contributed by atoms with Crippen LogP contribution in [-0.4, -0.2) is 22.9 Å². The lowest BCUT2D eigenvalue weighted by Crippen LogP contribution is -2.25. The molecule has 1 amide bonds. The minimum atomic E-state index is -0.221. The molecule has 3 aromatic rings. The standard InChI is InChI=1S/C19H16Cl2N2O2/c1-12(24)23-11-16(15-4-2-3-5-18(15)23)19(25)22-9-8-13-6-7-14(20)10-17(13)21/h2-7,10-11H,8-9H2,1H3,(H,22,25). The van der Waals surface area contributed by atoms with Crippen molar-refractivity contribution in [2.75, 3.05) is 6.54 Å². The molecule has 0 fully saturated rings. The van der Waals surface area contributed by atoms with Crippen molar-refractivity contribution in [2.24, 2.45) is 0 Å². The molecule has 0 aliphatic carbocycles. The number of rotatable bonds is 4. The zero-order valence-electron chi connectivity index (χ0n) is 13.6. The first-order chi connectivity index (χ1) is 12.0. The van der Waals surface area contributed by atoms with Crippen molar-refractivity contribution in [3.8, 4) is 0 Å². The van der Waals surface area contributed by atoms with Gasteiger partial charge < -0.3 is 5.32 Å². The highest BCUT2D eigenvalue weighted by Crippen LogP contribution is 2.22. The molecule has 1 aromatic heterocycles. The van der Waals surface area contributed by atoms with Crippen LogP contribution in [0.3, 0.4) is 0 Å². The van der Waals surface area contributed by atoms with Crippen molar-refractivity contribution < 1.29 is 9.59 Å². The number of hydrogen-bond acceptors (Lipinski definition) is 2. The average Bonchev–Trinajstić information content (AvgIpc) is 2.97. The number of fused-ring (bicyclic) bond motifs is 1. The van der Waals surface area contributed by atoms with Gasteiger partial charge in [-0.1, -0.05) is 47.5 Å². The van der Waals surface area contributed by atoms with Gasteiger partial charge in [-0.25, -0.2) is 0 Å². The van der Waals surface area contributed by atoms with Gasteiger partial charge in [-0.15, -0.1) is 0 Å². The maximum Gasteiger partial charge on any atom is 0.253 e. The molecule has 0 radical (unpaired) electrons. The molecule has 0 spiro atoms. The van der Waals surface area contributed by atoms with E-state index in [9.17, 15) is 9.59 Å². The molecular weight excluding hydrogens is 359 g/mol. The minimum absolute atomic E-state index is 0.136. The first kappa shape index (κ1) is 17.5. The van der Waals surface area contributed by atoms with E-state index < -0.39 is 0 Å². The highest BCUT2D eigenvalue weighted by Gasteiger charge is 2.16. The Balaban J connectivity index is 1.75. The van der Waals surface area contributed by atoms with Gasteiger partial charge in [0.15, 0.2) is 0 Å². The van der Waals surface area contributed by atoms with Crippen LogP contribution in [0.15, 0.2) is 48.7 Å². The molecule has 0 unspecified atom stereocenters. The molecule has 4 nitrogen and oxygen atoms in total. The van der Waals surface area contributed by atoms with Gasteiger partial charge in [-0.2, -0.15) is 0 Å². The van der Waals surface area contributed by atoms with E-state index in [-0.39, 0.29) is 11.8 Å². The predicted octanol–water partition coefficient (Wildman–Crippen LogP) is 4.58. The fraction of sp³-hybridized carbons (Fsp3) is 0.158. The van der Waals surface area contributed by atoms with Crippen molar-refractivity contribution in [1.29, 1.82) is 0 Å². The maximum atomic E-state index is 12.5. The van der Waals surface area contributed by atoms with Crippen molar-refractivity contribution in [3.05, 3.63) is 69.8 Å². The predicted molar refractivity (Wildman–Crippen MR) is 101 cm³/mol. The van der Waals surface area contributed by atoms with Gasteiger partial charge in [0.2, 0.25) is 5.91 Å². The molecule has 0 saturated carbocycles. The molecule has 1 heterocycles. The van der Waals surface area contributed by atoms with E-state index in [1.165, 1.54) is 11.5 Å². The van der Waals surface area contributed by atoms with Gasteiger partial charge in [0.05, 0.1) is 11.1 Å². The lowest BCUT2D eigenvalue weighted by Gasteiger charge is -2.06. The average molecular weight is 375 g/mol. The minimum Gasteiger partial charge on any atom is -0.352 e. The van der Waals surface area contributed by atoms with Gasteiger partial charge >= 0.3 is 0 Å². The second kappa shape index (κ2) is 7.30. The third-order valence-corrected chi connectivity index (χ3v) is 4.58. The van der Waals surface area contributed by atoms with Gasteiger partial charge in [0.25, 0.3) is 5.91 Å². The van der Waals surface area contributed by atoms with Crippen LogP contribution in [0.1, 0.15) is 27.6 Å². The Bertz CT molecular complexity index is 963. The van der Waals surface area contributed by atoms with Gasteiger partial charge in [0.1, 0.15) is 0 Å². The molecule has 3 rings (SSSR count). The first-order valence-electron chi connectivity index (χ1n) is 7.80. The molecule has 128 valence electrons. The van der Waals surface area contributed by atoms with Crippen molar-refractivity contribution in [1.82, 2.24) is 9.88 Å². The molecule has 0 saturated heterocycles. The third-order valence-electron chi connectivity index (χ3n) is 3.99. The second-order valence-corrected chi connectivity index (χ2v) is 6.53. The summed E-state index contributed by atoms with van der Waals surface area (Å²) >= 11 is 12.0. The highest BCUT2D eigenvalue weighted by atomic mass is 35.5. The summed E-state index contributed by atoms with van der Waals surface area (Å²) < 4.78 is 1.49. The fourth-order valence-corrected chi connectivity index (χ4v) is 3.25. The smallest absolute Gasteiger partial charge is 0.253 e. The first-order valence-corrected chi connectivity index (χ1v) is 8.56. The van der Waals surface area contributed by atoms with Crippen LogP contribution in [0, 0.1) is 0 Å². The molecule has 25 heavy (non-hydrogen) atoms. The third kappa shape index (κ3) is 3.70. The molecular formula is C19H16Cl2N2O2. The van der Waals surface area contributed by atoms with Crippen LogP contribution >= 0.6 is 23.2 Å². The number of nitrogens with zero attached hydrogens (tertiary/aromatic N) is 1. The maximum absolute atomic E-state index is 12.5. The number of halogens is 2. The molecule has 0 aliphatic heterocycles. The van der Waals surface area contributed by atoms with Crippen LogP contribution in [0.25, 0.3) is 10.9 Å². The van der Waals surface area contributed by atoms with Gasteiger partial charge in [-0.3, -0.25) is 14.2 Å². The van der Waals surface area contributed by atoms with E-state index in [2.05, 4.69) is 5.32 Å². The molecule has 2 aromatic carbocycles. The Morgan fingerprint density at radius 2 is 1.88 bits per heavy atom. The summed E-state index contributed by atoms with van der Waals surface area (Å²) in [4.78, 5) is 24.3. The zero-order chi connectivity index (χ0) is 18.0. The summed E-state index contributed by atoms with van der Waals surface area (Å²) in [5.74, 6) is -0.357. The largest absolute Gasteiger partial charge is 0.352 e. The fourth-order valence-electron chi connectivity index (χ4n) is 2.75. The van der Waals surface area contributed by atoms with Crippen LogP contribution in [0.5, 0.6) is 0 Å². The number of carbonyl (C=O) groups excluding carboxylic acids is 2. The van der Waals surface area contributed by atoms with E-state index in [4.69, 9.17) is 23.2 Å². The summed E-state index contributed by atoms with van der Waals surface area (Å²) in [6, 6.07) is 12.6. The number of para-hydroxylation sites is 1. The second-order valence-electron chi connectivity index (χ2n) is 5.69. The number of carbonyl (C=O) groups is 2. The molecule has 6 heteroatoms. The van der Waals surface area contributed by atoms with Crippen LogP contribution < -0.4 is 5.32 Å². The quantitative estimate of drug-likeness (QED) is 0.726. The Morgan fingerprint density at radius 3 is 2.60 bits per heavy atom. The molecule has 1 N–H and O–H groups in total. The van der Waals surface area contributed by atoms with E-state index in [1.807, 2.05) is 30.3 Å². The zero-order valence-corrected chi connectivity index (χ0v) is 15.1. The summed E-state index contributed by atoms with van der Waals surface area (Å²) in [7, 11) is 0. The lowest BCUT2D eigenvalue weighted by atomic mass is 10.1. The molecule has 0 aliphatic rings. The Labute approximate surface area is 155 Å². The Morgan fingerprint density at radius 1 is 1.12 bits per heavy atom.